The third kappa shape index (κ3) is 4.11. The Labute approximate surface area is 148 Å². The SMILES string of the molecule is CNC(=O)c1cc(COC)ccc1O[C@@H]1O[C@H](C(=O)O)[C@@H](O)[C@H](O)[C@H]1O. The second-order valence-electron chi connectivity index (χ2n) is 5.70. The number of rotatable bonds is 6. The van der Waals surface area contributed by atoms with E-state index in [1.54, 1.807) is 6.07 Å². The van der Waals surface area contributed by atoms with Crippen LogP contribution >= 0.6 is 0 Å². The molecule has 0 unspecified atom stereocenters. The maximum Gasteiger partial charge on any atom is 0.335 e. The number of carbonyl (C=O) groups is 2. The van der Waals surface area contributed by atoms with Crippen molar-refractivity contribution in [2.75, 3.05) is 14.2 Å². The zero-order valence-electron chi connectivity index (χ0n) is 14.2. The van der Waals surface area contributed by atoms with Gasteiger partial charge in [-0.2, -0.15) is 0 Å². The zero-order valence-corrected chi connectivity index (χ0v) is 14.2. The third-order valence-electron chi connectivity index (χ3n) is 3.88. The average Bonchev–Trinajstić information content (AvgIpc) is 2.62. The van der Waals surface area contributed by atoms with E-state index >= 15 is 0 Å². The molecule has 0 aliphatic carbocycles. The van der Waals surface area contributed by atoms with Gasteiger partial charge in [0.25, 0.3) is 5.91 Å². The predicted molar refractivity (Wildman–Crippen MR) is 85.5 cm³/mol. The van der Waals surface area contributed by atoms with Crippen molar-refractivity contribution in [2.24, 2.45) is 0 Å². The molecular formula is C16H21NO9. The molecule has 1 aliphatic heterocycles. The van der Waals surface area contributed by atoms with Crippen LogP contribution in [0.3, 0.4) is 0 Å². The maximum absolute atomic E-state index is 12.1. The molecule has 0 spiro atoms. The minimum atomic E-state index is -1.83. The molecule has 0 radical (unpaired) electrons. The number of amides is 1. The summed E-state index contributed by atoms with van der Waals surface area (Å²) in [5.74, 6) is -2.02. The maximum atomic E-state index is 12.1. The van der Waals surface area contributed by atoms with Gasteiger partial charge >= 0.3 is 5.97 Å². The standard InChI is InChI=1S/C16H21NO9/c1-17-14(21)8-5-7(6-24-2)3-4-9(8)25-16-12(20)10(18)11(19)13(26-16)15(22)23/h3-5,10-13,16,18-20H,6H2,1-2H3,(H,17,21)(H,22,23)/t10-,11-,12+,13-,16+/m0/s1. The topological polar surface area (TPSA) is 155 Å². The van der Waals surface area contributed by atoms with Gasteiger partial charge in [-0.15, -0.1) is 0 Å². The fraction of sp³-hybridized carbons (Fsp3) is 0.500. The Balaban J connectivity index is 2.30. The number of carboxylic acid groups (broad SMARTS) is 1. The van der Waals surface area contributed by atoms with Gasteiger partial charge in [0, 0.05) is 14.2 Å². The Hall–Kier alpha value is -2.24. The Morgan fingerprint density at radius 3 is 2.46 bits per heavy atom. The summed E-state index contributed by atoms with van der Waals surface area (Å²) in [4.78, 5) is 23.2. The predicted octanol–water partition coefficient (Wildman–Crippen LogP) is -1.54. The molecule has 0 aromatic heterocycles. The highest BCUT2D eigenvalue weighted by Gasteiger charge is 2.48. The summed E-state index contributed by atoms with van der Waals surface area (Å²) < 4.78 is 15.5. The fourth-order valence-electron chi connectivity index (χ4n) is 2.52. The number of aliphatic carboxylic acids is 1. The molecule has 26 heavy (non-hydrogen) atoms. The van der Waals surface area contributed by atoms with E-state index in [0.717, 1.165) is 0 Å². The number of aliphatic hydroxyl groups excluding tert-OH is 3. The number of nitrogens with one attached hydrogen (secondary N) is 1. The van der Waals surface area contributed by atoms with Gasteiger partial charge in [-0.25, -0.2) is 4.79 Å². The molecule has 10 heteroatoms. The van der Waals surface area contributed by atoms with E-state index in [2.05, 4.69) is 5.32 Å². The Morgan fingerprint density at radius 1 is 1.19 bits per heavy atom. The van der Waals surface area contributed by atoms with E-state index < -0.39 is 42.6 Å². The van der Waals surface area contributed by atoms with Crippen LogP contribution in [0.5, 0.6) is 5.75 Å². The number of hydrogen-bond acceptors (Lipinski definition) is 8. The van der Waals surface area contributed by atoms with Crippen molar-refractivity contribution >= 4 is 11.9 Å². The molecule has 5 N–H and O–H groups in total. The fourth-order valence-corrected chi connectivity index (χ4v) is 2.52. The van der Waals surface area contributed by atoms with Gasteiger partial charge in [-0.05, 0) is 17.7 Å². The van der Waals surface area contributed by atoms with E-state index in [1.807, 2.05) is 0 Å². The lowest BCUT2D eigenvalue weighted by molar-refractivity contribution is -0.271. The van der Waals surface area contributed by atoms with Crippen LogP contribution in [0.1, 0.15) is 15.9 Å². The molecule has 0 saturated carbocycles. The van der Waals surface area contributed by atoms with Gasteiger partial charge in [0.2, 0.25) is 6.29 Å². The first-order valence-corrected chi connectivity index (χ1v) is 7.73. The number of carboxylic acids is 1. The van der Waals surface area contributed by atoms with Crippen molar-refractivity contribution in [1.82, 2.24) is 5.32 Å². The van der Waals surface area contributed by atoms with Crippen LogP contribution in [0.25, 0.3) is 0 Å². The number of carbonyl (C=O) groups excluding carboxylic acids is 1. The van der Waals surface area contributed by atoms with Crippen molar-refractivity contribution in [3.63, 3.8) is 0 Å². The summed E-state index contributed by atoms with van der Waals surface area (Å²) in [7, 11) is 2.91. The van der Waals surface area contributed by atoms with E-state index in [9.17, 15) is 24.9 Å². The quantitative estimate of drug-likeness (QED) is 0.400. The lowest BCUT2D eigenvalue weighted by Crippen LogP contribution is -2.61. The summed E-state index contributed by atoms with van der Waals surface area (Å²) in [6, 6.07) is 4.55. The summed E-state index contributed by atoms with van der Waals surface area (Å²) in [5.41, 5.74) is 0.785. The Bertz CT molecular complexity index is 665. The summed E-state index contributed by atoms with van der Waals surface area (Å²) in [6.07, 6.45) is -8.76. The number of ether oxygens (including phenoxy) is 3. The molecule has 1 aliphatic rings. The highest BCUT2D eigenvalue weighted by Crippen LogP contribution is 2.27. The molecule has 10 nitrogen and oxygen atoms in total. The van der Waals surface area contributed by atoms with Crippen LogP contribution in [-0.4, -0.2) is 77.2 Å². The lowest BCUT2D eigenvalue weighted by Gasteiger charge is -2.38. The average molecular weight is 371 g/mol. The highest BCUT2D eigenvalue weighted by molar-refractivity contribution is 5.96. The molecule has 144 valence electrons. The second kappa shape index (κ2) is 8.43. The number of benzene rings is 1. The van der Waals surface area contributed by atoms with E-state index in [-0.39, 0.29) is 17.9 Å². The molecule has 1 heterocycles. The molecule has 2 rings (SSSR count). The number of methoxy groups -OCH3 is 1. The Kier molecular flexibility index (Phi) is 6.51. The first-order chi connectivity index (χ1) is 12.3. The summed E-state index contributed by atoms with van der Waals surface area (Å²) in [5, 5.41) is 41.0. The first kappa shape index (κ1) is 20.1. The second-order valence-corrected chi connectivity index (χ2v) is 5.70. The van der Waals surface area contributed by atoms with Crippen molar-refractivity contribution in [3.05, 3.63) is 29.3 Å². The van der Waals surface area contributed by atoms with Gasteiger partial charge in [-0.3, -0.25) is 4.79 Å². The van der Waals surface area contributed by atoms with Crippen LogP contribution in [0.2, 0.25) is 0 Å². The summed E-state index contributed by atoms with van der Waals surface area (Å²) >= 11 is 0. The van der Waals surface area contributed by atoms with Gasteiger partial charge in [0.1, 0.15) is 24.1 Å². The van der Waals surface area contributed by atoms with Crippen molar-refractivity contribution < 1.29 is 44.2 Å². The molecule has 1 aromatic carbocycles. The van der Waals surface area contributed by atoms with Crippen LogP contribution in [0, 0.1) is 0 Å². The number of hydrogen-bond donors (Lipinski definition) is 5. The first-order valence-electron chi connectivity index (χ1n) is 7.73. The minimum absolute atomic E-state index is 0.000909. The normalized spacial score (nSPS) is 28.4. The molecule has 1 saturated heterocycles. The van der Waals surface area contributed by atoms with Gasteiger partial charge < -0.3 is 40.0 Å². The van der Waals surface area contributed by atoms with E-state index in [4.69, 9.17) is 19.3 Å². The molecule has 5 atom stereocenters. The van der Waals surface area contributed by atoms with Gasteiger partial charge in [0.05, 0.1) is 12.2 Å². The minimum Gasteiger partial charge on any atom is -0.479 e. The van der Waals surface area contributed by atoms with Crippen LogP contribution in [0.15, 0.2) is 18.2 Å². The summed E-state index contributed by atoms with van der Waals surface area (Å²) in [6.45, 7) is 0.249. The van der Waals surface area contributed by atoms with E-state index in [1.165, 1.54) is 26.3 Å². The Morgan fingerprint density at radius 2 is 1.88 bits per heavy atom. The van der Waals surface area contributed by atoms with Gasteiger partial charge in [-0.1, -0.05) is 6.07 Å². The molecule has 1 fully saturated rings. The molecule has 0 bridgehead atoms. The van der Waals surface area contributed by atoms with Crippen LogP contribution < -0.4 is 10.1 Å². The van der Waals surface area contributed by atoms with Crippen molar-refractivity contribution in [2.45, 2.75) is 37.3 Å². The molecule has 1 amide bonds. The van der Waals surface area contributed by atoms with Crippen molar-refractivity contribution in [1.29, 1.82) is 0 Å². The van der Waals surface area contributed by atoms with Crippen LogP contribution in [0.4, 0.5) is 0 Å². The van der Waals surface area contributed by atoms with E-state index in [0.29, 0.717) is 5.56 Å². The largest absolute Gasteiger partial charge is 0.479 e. The lowest BCUT2D eigenvalue weighted by atomic mass is 9.99. The molecular weight excluding hydrogens is 350 g/mol. The third-order valence-corrected chi connectivity index (χ3v) is 3.88. The smallest absolute Gasteiger partial charge is 0.335 e. The monoisotopic (exact) mass is 371 g/mol. The highest BCUT2D eigenvalue weighted by atomic mass is 16.7. The molecule has 1 aromatic rings. The van der Waals surface area contributed by atoms with Crippen LogP contribution in [-0.2, 0) is 20.9 Å². The number of aliphatic hydroxyl groups is 3. The van der Waals surface area contributed by atoms with Gasteiger partial charge in [0.15, 0.2) is 6.10 Å². The van der Waals surface area contributed by atoms with Crippen molar-refractivity contribution in [3.8, 4) is 5.75 Å². The zero-order chi connectivity index (χ0) is 19.4.